The molecular weight excluding hydrogens is 274 g/mol. The maximum Gasteiger partial charge on any atom is 0.140 e. The Balaban J connectivity index is 1.21. The summed E-state index contributed by atoms with van der Waals surface area (Å²) in [5.41, 5.74) is -0.691. The van der Waals surface area contributed by atoms with Gasteiger partial charge in [0.05, 0.1) is 0 Å². The number of nitrogens with one attached hydrogen (secondary N) is 1. The molecule has 0 heterocycles. The van der Waals surface area contributed by atoms with Gasteiger partial charge in [0.1, 0.15) is 11.5 Å². The minimum atomic E-state index is -0.691. The van der Waals surface area contributed by atoms with Crippen LogP contribution in [0.1, 0.15) is 51.9 Å². The predicted octanol–water partition coefficient (Wildman–Crippen LogP) is 2.58. The molecule has 2 N–H and O–H groups in total. The van der Waals surface area contributed by atoms with Gasteiger partial charge in [-0.25, -0.2) is 0 Å². The van der Waals surface area contributed by atoms with E-state index >= 15 is 0 Å². The number of aliphatic hydroxyl groups is 1. The van der Waals surface area contributed by atoms with Crippen LogP contribution in [0.5, 0.6) is 0 Å². The quantitative estimate of drug-likeness (QED) is 0.535. The summed E-state index contributed by atoms with van der Waals surface area (Å²) in [6.45, 7) is 3.18. The summed E-state index contributed by atoms with van der Waals surface area (Å²) in [5.74, 6) is 4.18. The molecule has 0 aliphatic heterocycles. The van der Waals surface area contributed by atoms with Crippen molar-refractivity contribution in [3.63, 3.8) is 0 Å². The van der Waals surface area contributed by atoms with Gasteiger partial charge in [-0.15, -0.1) is 0 Å². The van der Waals surface area contributed by atoms with Crippen LogP contribution in [-0.4, -0.2) is 23.2 Å². The van der Waals surface area contributed by atoms with Crippen molar-refractivity contribution in [1.29, 1.82) is 0 Å². The van der Waals surface area contributed by atoms with E-state index in [1.807, 2.05) is 0 Å². The van der Waals surface area contributed by atoms with Crippen LogP contribution in [0.25, 0.3) is 0 Å². The summed E-state index contributed by atoms with van der Waals surface area (Å²) in [7, 11) is 0. The minimum Gasteiger partial charge on any atom is -0.375 e. The van der Waals surface area contributed by atoms with E-state index in [4.69, 9.17) is 0 Å². The predicted molar refractivity (Wildman–Crippen MR) is 83.9 cm³/mol. The highest BCUT2D eigenvalue weighted by Gasteiger charge is 2.87. The van der Waals surface area contributed by atoms with Gasteiger partial charge in [0.2, 0.25) is 0 Å². The third-order valence-electron chi connectivity index (χ3n) is 8.12. The standard InChI is InChI=1S/C19H29NO2/c1-2-3-4-5-6-7-8-20-19(22)16-11-9-10-12-13(11)17(19)15(12)18(21)14(10)16/h10-17,20,22H,2-9H2,1H3/t10-,11+,12-,13+,14+,15-,16-,17-,19-/m1/s1. The van der Waals surface area contributed by atoms with Crippen molar-refractivity contribution < 1.29 is 9.90 Å². The van der Waals surface area contributed by atoms with Gasteiger partial charge in [-0.2, -0.15) is 0 Å². The molecule has 0 unspecified atom stereocenters. The molecule has 9 atom stereocenters. The zero-order chi connectivity index (χ0) is 15.1. The van der Waals surface area contributed by atoms with Crippen molar-refractivity contribution in [1.82, 2.24) is 5.32 Å². The molecule has 5 aliphatic rings. The van der Waals surface area contributed by atoms with Crippen molar-refractivity contribution in [2.75, 3.05) is 6.54 Å². The Morgan fingerprint density at radius 2 is 1.82 bits per heavy atom. The number of ketones is 1. The molecular formula is C19H29NO2. The highest BCUT2D eigenvalue weighted by molar-refractivity contribution is 5.91. The molecule has 0 radical (unpaired) electrons. The van der Waals surface area contributed by atoms with Gasteiger partial charge in [0.25, 0.3) is 0 Å². The van der Waals surface area contributed by atoms with Gasteiger partial charge in [-0.1, -0.05) is 39.0 Å². The fraction of sp³-hybridized carbons (Fsp3) is 0.947. The molecule has 0 saturated heterocycles. The fourth-order valence-corrected chi connectivity index (χ4v) is 7.64. The highest BCUT2D eigenvalue weighted by Crippen LogP contribution is 2.83. The normalized spacial score (nSPS) is 55.5. The molecule has 0 aromatic heterocycles. The molecule has 5 fully saturated rings. The summed E-state index contributed by atoms with van der Waals surface area (Å²) in [6, 6.07) is 0. The number of fused-ring (bicyclic) bond motifs is 2. The first kappa shape index (κ1) is 14.0. The molecule has 22 heavy (non-hydrogen) atoms. The van der Waals surface area contributed by atoms with Gasteiger partial charge in [0, 0.05) is 23.7 Å². The van der Waals surface area contributed by atoms with Crippen molar-refractivity contribution in [2.45, 2.75) is 57.6 Å². The van der Waals surface area contributed by atoms with E-state index in [2.05, 4.69) is 12.2 Å². The number of Topliss-reactive ketones (excluding diaryl/α,β-unsaturated/α-hetero) is 1. The first-order valence-electron chi connectivity index (χ1n) is 9.71. The maximum absolute atomic E-state index is 12.5. The SMILES string of the molecule is CCCCCCCCN[C@@]1(O)[C@@H]2[C@H]3C[C@H]4[C@@H]2C(=O)[C@@H]2[C@H]4[C@H]3[C@H]21. The van der Waals surface area contributed by atoms with Crippen LogP contribution < -0.4 is 5.32 Å². The topological polar surface area (TPSA) is 49.3 Å². The molecule has 3 nitrogen and oxygen atoms in total. The van der Waals surface area contributed by atoms with E-state index in [0.29, 0.717) is 29.5 Å². The lowest BCUT2D eigenvalue weighted by Crippen LogP contribution is -2.64. The molecule has 5 rings (SSSR count). The largest absolute Gasteiger partial charge is 0.375 e. The van der Waals surface area contributed by atoms with E-state index in [1.54, 1.807) is 0 Å². The molecule has 122 valence electrons. The third kappa shape index (κ3) is 1.40. The Bertz CT molecular complexity index is 506. The average Bonchev–Trinajstić information content (AvgIpc) is 2.99. The summed E-state index contributed by atoms with van der Waals surface area (Å²) >= 11 is 0. The number of hydrogen-bond donors (Lipinski definition) is 2. The van der Waals surface area contributed by atoms with Crippen LogP contribution in [0, 0.1) is 47.3 Å². The number of rotatable bonds is 8. The average molecular weight is 303 g/mol. The van der Waals surface area contributed by atoms with Crippen molar-refractivity contribution in [3.05, 3.63) is 0 Å². The Labute approximate surface area is 133 Å². The third-order valence-corrected chi connectivity index (χ3v) is 8.12. The van der Waals surface area contributed by atoms with Gasteiger partial charge in [-0.05, 0) is 43.1 Å². The van der Waals surface area contributed by atoms with Crippen LogP contribution in [0.15, 0.2) is 0 Å². The van der Waals surface area contributed by atoms with E-state index in [9.17, 15) is 9.90 Å². The van der Waals surface area contributed by atoms with E-state index in [-0.39, 0.29) is 23.7 Å². The maximum atomic E-state index is 12.5. The molecule has 2 bridgehead atoms. The van der Waals surface area contributed by atoms with Gasteiger partial charge in [-0.3, -0.25) is 10.1 Å². The second kappa shape index (κ2) is 4.57. The number of hydrogen-bond acceptors (Lipinski definition) is 3. The molecule has 5 aliphatic carbocycles. The Morgan fingerprint density at radius 3 is 2.64 bits per heavy atom. The van der Waals surface area contributed by atoms with Crippen molar-refractivity contribution in [2.24, 2.45) is 47.3 Å². The first-order valence-corrected chi connectivity index (χ1v) is 9.71. The summed E-state index contributed by atoms with van der Waals surface area (Å²) in [4.78, 5) is 12.5. The van der Waals surface area contributed by atoms with Gasteiger partial charge >= 0.3 is 0 Å². The molecule has 5 saturated carbocycles. The molecule has 0 amide bonds. The lowest BCUT2D eigenvalue weighted by molar-refractivity contribution is -0.168. The lowest BCUT2D eigenvalue weighted by Gasteiger charge is -2.50. The van der Waals surface area contributed by atoms with Crippen LogP contribution in [0.4, 0.5) is 0 Å². The summed E-state index contributed by atoms with van der Waals surface area (Å²) < 4.78 is 0. The van der Waals surface area contributed by atoms with Crippen molar-refractivity contribution >= 4 is 5.78 Å². The van der Waals surface area contributed by atoms with Gasteiger partial charge < -0.3 is 5.11 Å². The molecule has 0 aromatic carbocycles. The zero-order valence-electron chi connectivity index (χ0n) is 13.6. The second-order valence-corrected chi connectivity index (χ2v) is 8.74. The van der Waals surface area contributed by atoms with Crippen LogP contribution >= 0.6 is 0 Å². The lowest BCUT2D eigenvalue weighted by atomic mass is 9.57. The van der Waals surface area contributed by atoms with Crippen molar-refractivity contribution in [3.8, 4) is 0 Å². The van der Waals surface area contributed by atoms with Crippen LogP contribution in [0.3, 0.4) is 0 Å². The van der Waals surface area contributed by atoms with Crippen LogP contribution in [-0.2, 0) is 4.79 Å². The second-order valence-electron chi connectivity index (χ2n) is 8.74. The van der Waals surface area contributed by atoms with Crippen LogP contribution in [0.2, 0.25) is 0 Å². The summed E-state index contributed by atoms with van der Waals surface area (Å²) in [5, 5.41) is 14.9. The highest BCUT2D eigenvalue weighted by atomic mass is 16.3. The van der Waals surface area contributed by atoms with E-state index < -0.39 is 5.72 Å². The number of carbonyl (C=O) groups excluding carboxylic acids is 1. The number of unbranched alkanes of at least 4 members (excludes halogenated alkanes) is 5. The zero-order valence-corrected chi connectivity index (χ0v) is 13.6. The molecule has 0 spiro atoms. The van der Waals surface area contributed by atoms with Gasteiger partial charge in [0.15, 0.2) is 0 Å². The smallest absolute Gasteiger partial charge is 0.140 e. The molecule has 0 aromatic rings. The van der Waals surface area contributed by atoms with E-state index in [1.165, 1.54) is 38.5 Å². The fourth-order valence-electron chi connectivity index (χ4n) is 7.64. The van der Waals surface area contributed by atoms with E-state index in [0.717, 1.165) is 13.0 Å². The Morgan fingerprint density at radius 1 is 1.05 bits per heavy atom. The Hall–Kier alpha value is -0.410. The summed E-state index contributed by atoms with van der Waals surface area (Å²) in [6.07, 6.45) is 8.98. The Kier molecular flexibility index (Phi) is 2.90. The number of carbonyl (C=O) groups is 1. The monoisotopic (exact) mass is 303 g/mol. The first-order chi connectivity index (χ1) is 10.7. The minimum absolute atomic E-state index is 0.219. The molecule has 3 heteroatoms.